The minimum Gasteiger partial charge on any atom is -0.326 e. The van der Waals surface area contributed by atoms with Gasteiger partial charge in [0.15, 0.2) is 6.29 Å². The van der Waals surface area contributed by atoms with Gasteiger partial charge >= 0.3 is 0 Å². The van der Waals surface area contributed by atoms with Crippen LogP contribution in [0.4, 0.5) is 0 Å². The Hall–Kier alpha value is -1.79. The van der Waals surface area contributed by atoms with Crippen molar-refractivity contribution < 1.29 is 9.59 Å². The Kier molecular flexibility index (Phi) is 6.67. The Morgan fingerprint density at radius 3 is 2.56 bits per heavy atom. The number of halogens is 2. The van der Waals surface area contributed by atoms with Crippen LogP contribution in [0.2, 0.25) is 10.0 Å². The first-order valence-electron chi connectivity index (χ1n) is 7.68. The van der Waals surface area contributed by atoms with Crippen LogP contribution in [0.1, 0.15) is 27.3 Å². The Balaban J connectivity index is 2.73. The first-order chi connectivity index (χ1) is 11.9. The number of rotatable bonds is 7. The highest BCUT2D eigenvalue weighted by atomic mass is 35.5. The fourth-order valence-corrected chi connectivity index (χ4v) is 3.27. The first-order valence-corrected chi connectivity index (χ1v) is 8.43. The van der Waals surface area contributed by atoms with Gasteiger partial charge in [0.25, 0.3) is 0 Å². The smallest absolute Gasteiger partial charge is 0.152 e. The number of hydrogen-bond acceptors (Lipinski definition) is 5. The molecule has 0 aliphatic carbocycles. The van der Waals surface area contributed by atoms with Crippen LogP contribution >= 0.6 is 23.2 Å². The van der Waals surface area contributed by atoms with Gasteiger partial charge in [-0.25, -0.2) is 0 Å². The number of carbonyl (C=O) groups is 2. The van der Waals surface area contributed by atoms with Crippen LogP contribution in [0, 0.1) is 6.92 Å². The molecule has 7 heteroatoms. The summed E-state index contributed by atoms with van der Waals surface area (Å²) in [5, 5.41) is 0.940. The number of hydrogen-bond donors (Lipinski definition) is 1. The van der Waals surface area contributed by atoms with Gasteiger partial charge in [-0.2, -0.15) is 0 Å². The van der Waals surface area contributed by atoms with Gasteiger partial charge in [-0.15, -0.1) is 0 Å². The molecule has 0 bridgehead atoms. The summed E-state index contributed by atoms with van der Waals surface area (Å²) < 4.78 is 0. The minimum absolute atomic E-state index is 0.221. The molecular weight excluding hydrogens is 361 g/mol. The molecule has 0 aliphatic heterocycles. The fourth-order valence-electron chi connectivity index (χ4n) is 2.76. The summed E-state index contributed by atoms with van der Waals surface area (Å²) in [7, 11) is 1.78. The second-order valence-corrected chi connectivity index (χ2v) is 6.56. The summed E-state index contributed by atoms with van der Waals surface area (Å²) in [5.74, 6) is 0. The molecule has 0 atom stereocenters. The average molecular weight is 380 g/mol. The van der Waals surface area contributed by atoms with Crippen molar-refractivity contribution in [2.75, 3.05) is 13.6 Å². The van der Waals surface area contributed by atoms with Crippen molar-refractivity contribution in [3.8, 4) is 11.1 Å². The molecule has 2 N–H and O–H groups in total. The van der Waals surface area contributed by atoms with E-state index in [4.69, 9.17) is 28.9 Å². The molecule has 2 aromatic rings. The van der Waals surface area contributed by atoms with Crippen molar-refractivity contribution >= 4 is 35.8 Å². The highest BCUT2D eigenvalue weighted by Crippen LogP contribution is 2.36. The number of aldehydes is 2. The lowest BCUT2D eigenvalue weighted by molar-refractivity contribution is -0.108. The number of carbonyl (C=O) groups excluding carboxylic acids is 2. The molecule has 0 radical (unpaired) electrons. The van der Waals surface area contributed by atoms with Crippen molar-refractivity contribution in [2.45, 2.75) is 20.0 Å². The van der Waals surface area contributed by atoms with E-state index in [0.717, 1.165) is 23.8 Å². The summed E-state index contributed by atoms with van der Waals surface area (Å²) in [4.78, 5) is 28.9. The lowest BCUT2D eigenvalue weighted by Crippen LogP contribution is -2.22. The molecule has 0 amide bonds. The number of pyridine rings is 1. The van der Waals surface area contributed by atoms with Gasteiger partial charge < -0.3 is 10.5 Å². The molecule has 0 saturated carbocycles. The number of likely N-dealkylation sites (N-methyl/N-ethyl adjacent to an activating group) is 1. The van der Waals surface area contributed by atoms with E-state index in [1.165, 1.54) is 0 Å². The van der Waals surface area contributed by atoms with Crippen LogP contribution in [-0.2, 0) is 17.9 Å². The lowest BCUT2D eigenvalue weighted by atomic mass is 9.92. The van der Waals surface area contributed by atoms with Crippen molar-refractivity contribution in [2.24, 2.45) is 5.73 Å². The summed E-state index contributed by atoms with van der Waals surface area (Å²) in [6.07, 6.45) is 1.56. The van der Waals surface area contributed by atoms with Crippen molar-refractivity contribution in [1.82, 2.24) is 9.88 Å². The SMILES string of the molecule is Cc1nc(CN(C)CC=O)c(C=O)c(-c2ccc(Cl)cc2Cl)c1CN. The van der Waals surface area contributed by atoms with Gasteiger partial charge in [0.1, 0.15) is 6.29 Å². The largest absolute Gasteiger partial charge is 0.326 e. The Bertz CT molecular complexity index is 809. The van der Waals surface area contributed by atoms with Crippen LogP contribution in [0.15, 0.2) is 18.2 Å². The van der Waals surface area contributed by atoms with E-state index in [1.807, 2.05) is 6.92 Å². The van der Waals surface area contributed by atoms with E-state index < -0.39 is 0 Å². The Labute approximate surface area is 156 Å². The van der Waals surface area contributed by atoms with Crippen molar-refractivity contribution in [3.63, 3.8) is 0 Å². The zero-order chi connectivity index (χ0) is 18.6. The minimum atomic E-state index is 0.221. The van der Waals surface area contributed by atoms with Crippen LogP contribution < -0.4 is 5.73 Å². The number of aryl methyl sites for hydroxylation is 1. The fraction of sp³-hybridized carbons (Fsp3) is 0.278. The molecule has 132 valence electrons. The molecular formula is C18H19Cl2N3O2. The van der Waals surface area contributed by atoms with E-state index in [2.05, 4.69) is 4.98 Å². The van der Waals surface area contributed by atoms with E-state index in [0.29, 0.717) is 39.0 Å². The number of aromatic nitrogens is 1. The summed E-state index contributed by atoms with van der Waals surface area (Å²) in [5.41, 5.74) is 9.74. The van der Waals surface area contributed by atoms with Gasteiger partial charge in [0.2, 0.25) is 0 Å². The van der Waals surface area contributed by atoms with Crippen molar-refractivity contribution in [1.29, 1.82) is 0 Å². The molecule has 0 fully saturated rings. The van der Waals surface area contributed by atoms with Gasteiger partial charge in [-0.05, 0) is 31.7 Å². The molecule has 5 nitrogen and oxygen atoms in total. The number of benzene rings is 1. The Morgan fingerprint density at radius 2 is 2.00 bits per heavy atom. The van der Waals surface area contributed by atoms with Crippen LogP contribution in [-0.4, -0.2) is 36.0 Å². The highest BCUT2D eigenvalue weighted by molar-refractivity contribution is 6.36. The van der Waals surface area contributed by atoms with E-state index in [-0.39, 0.29) is 13.1 Å². The van der Waals surface area contributed by atoms with Gasteiger partial charge in [-0.3, -0.25) is 14.7 Å². The molecule has 2 rings (SSSR count). The quantitative estimate of drug-likeness (QED) is 0.747. The maximum atomic E-state index is 11.9. The second-order valence-electron chi connectivity index (χ2n) is 5.72. The van der Waals surface area contributed by atoms with Crippen LogP contribution in [0.5, 0.6) is 0 Å². The summed E-state index contributed by atoms with van der Waals surface area (Å²) in [6.45, 7) is 2.66. The molecule has 0 spiro atoms. The number of nitrogens with zero attached hydrogens (tertiary/aromatic N) is 2. The van der Waals surface area contributed by atoms with Crippen molar-refractivity contribution in [3.05, 3.63) is 50.8 Å². The number of nitrogens with two attached hydrogens (primary N) is 1. The maximum absolute atomic E-state index is 11.9. The normalized spacial score (nSPS) is 11.0. The third-order valence-corrected chi connectivity index (χ3v) is 4.50. The van der Waals surface area contributed by atoms with Gasteiger partial charge in [0.05, 0.1) is 12.2 Å². The second kappa shape index (κ2) is 8.54. The molecule has 25 heavy (non-hydrogen) atoms. The molecule has 1 aromatic heterocycles. The van der Waals surface area contributed by atoms with E-state index in [1.54, 1.807) is 30.1 Å². The molecule has 1 heterocycles. The monoisotopic (exact) mass is 379 g/mol. The summed E-state index contributed by atoms with van der Waals surface area (Å²) in [6, 6.07) is 5.11. The van der Waals surface area contributed by atoms with Gasteiger partial charge in [0, 0.05) is 45.5 Å². The maximum Gasteiger partial charge on any atom is 0.152 e. The zero-order valence-electron chi connectivity index (χ0n) is 14.1. The average Bonchev–Trinajstić information content (AvgIpc) is 2.55. The predicted octanol–water partition coefficient (Wildman–Crippen LogP) is 3.27. The molecule has 0 saturated heterocycles. The standard InChI is InChI=1S/C18H19Cl2N3O2/c1-11-14(8-21)18(13-4-3-12(19)7-16(13)20)15(10-25)17(22-11)9-23(2)5-6-24/h3-4,6-7,10H,5,8-9,21H2,1-2H3. The van der Waals surface area contributed by atoms with E-state index in [9.17, 15) is 9.59 Å². The predicted molar refractivity (Wildman–Crippen MR) is 100 cm³/mol. The highest BCUT2D eigenvalue weighted by Gasteiger charge is 2.20. The van der Waals surface area contributed by atoms with Crippen LogP contribution in [0.25, 0.3) is 11.1 Å². The van der Waals surface area contributed by atoms with Gasteiger partial charge in [-0.1, -0.05) is 29.3 Å². The third kappa shape index (κ3) is 4.25. The first kappa shape index (κ1) is 19.5. The molecule has 0 aliphatic rings. The summed E-state index contributed by atoms with van der Waals surface area (Å²) >= 11 is 12.4. The van der Waals surface area contributed by atoms with E-state index >= 15 is 0 Å². The Morgan fingerprint density at radius 1 is 1.28 bits per heavy atom. The molecule has 0 unspecified atom stereocenters. The lowest BCUT2D eigenvalue weighted by Gasteiger charge is -2.20. The topological polar surface area (TPSA) is 76.3 Å². The molecule has 1 aromatic carbocycles. The third-order valence-electron chi connectivity index (χ3n) is 3.95. The zero-order valence-corrected chi connectivity index (χ0v) is 15.6. The van der Waals surface area contributed by atoms with Crippen LogP contribution in [0.3, 0.4) is 0 Å².